The van der Waals surface area contributed by atoms with E-state index in [1.54, 1.807) is 7.05 Å². The van der Waals surface area contributed by atoms with E-state index in [2.05, 4.69) is 21.2 Å². The molecule has 0 saturated carbocycles. The molecule has 0 bridgehead atoms. The highest BCUT2D eigenvalue weighted by Crippen LogP contribution is 2.30. The predicted molar refractivity (Wildman–Crippen MR) is 80.0 cm³/mol. The van der Waals surface area contributed by atoms with Crippen LogP contribution in [0.1, 0.15) is 12.8 Å². The Labute approximate surface area is 131 Å². The molecule has 0 radical (unpaired) electrons. The van der Waals surface area contributed by atoms with Gasteiger partial charge in [-0.3, -0.25) is 0 Å². The summed E-state index contributed by atoms with van der Waals surface area (Å²) in [5, 5.41) is 3.23. The lowest BCUT2D eigenvalue weighted by Gasteiger charge is -2.31. The van der Waals surface area contributed by atoms with Gasteiger partial charge in [0.1, 0.15) is 10.7 Å². The van der Waals surface area contributed by atoms with Crippen LogP contribution in [0.4, 0.5) is 4.39 Å². The summed E-state index contributed by atoms with van der Waals surface area (Å²) in [5.41, 5.74) is 0. The molecule has 2 rings (SSSR count). The minimum Gasteiger partial charge on any atom is -0.316 e. The van der Waals surface area contributed by atoms with E-state index in [0.717, 1.165) is 25.0 Å². The highest BCUT2D eigenvalue weighted by Gasteiger charge is 2.32. The van der Waals surface area contributed by atoms with Gasteiger partial charge >= 0.3 is 0 Å². The second-order valence-electron chi connectivity index (χ2n) is 4.69. The van der Waals surface area contributed by atoms with E-state index >= 15 is 0 Å². The maximum atomic E-state index is 13.9. The third kappa shape index (κ3) is 3.17. The topological polar surface area (TPSA) is 49.4 Å². The van der Waals surface area contributed by atoms with Gasteiger partial charge in [0.15, 0.2) is 0 Å². The number of nitrogens with one attached hydrogen (secondary N) is 1. The zero-order chi connectivity index (χ0) is 14.9. The molecule has 20 heavy (non-hydrogen) atoms. The van der Waals surface area contributed by atoms with Crippen molar-refractivity contribution in [2.24, 2.45) is 0 Å². The molecule has 1 N–H and O–H groups in total. The largest absolute Gasteiger partial charge is 0.316 e. The smallest absolute Gasteiger partial charge is 0.246 e. The van der Waals surface area contributed by atoms with E-state index in [4.69, 9.17) is 11.6 Å². The van der Waals surface area contributed by atoms with E-state index in [1.165, 1.54) is 4.31 Å². The van der Waals surface area contributed by atoms with Gasteiger partial charge < -0.3 is 5.32 Å². The fraction of sp³-hybridized carbons (Fsp3) is 0.500. The minimum atomic E-state index is -3.86. The molecular formula is C12H15BrClFN2O2S. The van der Waals surface area contributed by atoms with Gasteiger partial charge in [0.05, 0.1) is 5.02 Å². The molecule has 1 unspecified atom stereocenters. The Hall–Kier alpha value is -0.210. The molecule has 8 heteroatoms. The molecule has 1 saturated heterocycles. The number of rotatable bonds is 3. The number of piperidine rings is 1. The average molecular weight is 386 g/mol. The van der Waals surface area contributed by atoms with Crippen LogP contribution in [0.3, 0.4) is 0 Å². The first-order valence-electron chi connectivity index (χ1n) is 6.18. The quantitative estimate of drug-likeness (QED) is 0.814. The van der Waals surface area contributed by atoms with Crippen molar-refractivity contribution in [1.29, 1.82) is 0 Å². The van der Waals surface area contributed by atoms with Gasteiger partial charge in [-0.15, -0.1) is 0 Å². The fourth-order valence-corrected chi connectivity index (χ4v) is 4.38. The van der Waals surface area contributed by atoms with E-state index in [-0.39, 0.29) is 16.0 Å². The zero-order valence-electron chi connectivity index (χ0n) is 10.9. The maximum Gasteiger partial charge on any atom is 0.246 e. The summed E-state index contributed by atoms with van der Waals surface area (Å²) in [6.45, 7) is 0.736. The van der Waals surface area contributed by atoms with Crippen LogP contribution in [0.15, 0.2) is 21.5 Å². The summed E-state index contributed by atoms with van der Waals surface area (Å²) in [5.74, 6) is -0.798. The van der Waals surface area contributed by atoms with Crippen molar-refractivity contribution in [3.05, 3.63) is 27.4 Å². The van der Waals surface area contributed by atoms with Crippen molar-refractivity contribution in [2.75, 3.05) is 20.1 Å². The summed E-state index contributed by atoms with van der Waals surface area (Å²) >= 11 is 8.95. The average Bonchev–Trinajstić information content (AvgIpc) is 2.42. The maximum absolute atomic E-state index is 13.9. The fourth-order valence-electron chi connectivity index (χ4n) is 2.24. The van der Waals surface area contributed by atoms with E-state index < -0.39 is 15.8 Å². The second-order valence-corrected chi connectivity index (χ2v) is 7.86. The number of sulfonamides is 1. The van der Waals surface area contributed by atoms with Crippen LogP contribution >= 0.6 is 27.5 Å². The molecule has 1 aromatic rings. The minimum absolute atomic E-state index is 0.0903. The second kappa shape index (κ2) is 6.27. The lowest BCUT2D eigenvalue weighted by Crippen LogP contribution is -2.47. The Balaban J connectivity index is 2.37. The van der Waals surface area contributed by atoms with Gasteiger partial charge in [-0.2, -0.15) is 4.31 Å². The Morgan fingerprint density at radius 3 is 2.85 bits per heavy atom. The molecule has 4 nitrogen and oxygen atoms in total. The third-order valence-corrected chi connectivity index (χ3v) is 6.46. The van der Waals surface area contributed by atoms with E-state index in [1.807, 2.05) is 0 Å². The molecule has 112 valence electrons. The van der Waals surface area contributed by atoms with Crippen molar-refractivity contribution in [3.8, 4) is 0 Å². The van der Waals surface area contributed by atoms with Gasteiger partial charge in [0, 0.05) is 23.6 Å². The van der Waals surface area contributed by atoms with Crippen LogP contribution in [0.25, 0.3) is 0 Å². The first kappa shape index (κ1) is 16.2. The molecule has 1 heterocycles. The Morgan fingerprint density at radius 2 is 2.20 bits per heavy atom. The van der Waals surface area contributed by atoms with Crippen molar-refractivity contribution in [2.45, 2.75) is 23.8 Å². The number of likely N-dealkylation sites (N-methyl/N-ethyl adjacent to an activating group) is 1. The van der Waals surface area contributed by atoms with Gasteiger partial charge in [0.2, 0.25) is 10.0 Å². The molecule has 0 aliphatic carbocycles. The highest BCUT2D eigenvalue weighted by molar-refractivity contribution is 9.10. The number of hydrogen-bond donors (Lipinski definition) is 1. The molecule has 1 aliphatic rings. The van der Waals surface area contributed by atoms with Crippen LogP contribution in [-0.2, 0) is 10.0 Å². The predicted octanol–water partition coefficient (Wildman–Crippen LogP) is 2.61. The van der Waals surface area contributed by atoms with Gasteiger partial charge in [0.25, 0.3) is 0 Å². The van der Waals surface area contributed by atoms with Gasteiger partial charge in [-0.25, -0.2) is 12.8 Å². The first-order chi connectivity index (χ1) is 9.36. The molecule has 1 fully saturated rings. The van der Waals surface area contributed by atoms with Crippen molar-refractivity contribution < 1.29 is 12.8 Å². The number of nitrogens with zero attached hydrogens (tertiary/aromatic N) is 1. The monoisotopic (exact) mass is 384 g/mol. The molecule has 0 spiro atoms. The summed E-state index contributed by atoms with van der Waals surface area (Å²) in [4.78, 5) is -0.373. The normalized spacial score (nSPS) is 21.1. The van der Waals surface area contributed by atoms with Crippen LogP contribution in [0.2, 0.25) is 5.02 Å². The number of halogens is 3. The molecule has 0 amide bonds. The Bertz CT molecular complexity index is 612. The van der Waals surface area contributed by atoms with Crippen LogP contribution < -0.4 is 5.32 Å². The summed E-state index contributed by atoms with van der Waals surface area (Å²) < 4.78 is 40.6. The lowest BCUT2D eigenvalue weighted by molar-refractivity contribution is 0.292. The Morgan fingerprint density at radius 1 is 1.50 bits per heavy atom. The third-order valence-electron chi connectivity index (χ3n) is 3.39. The summed E-state index contributed by atoms with van der Waals surface area (Å²) in [7, 11) is -2.07. The molecule has 1 atom stereocenters. The van der Waals surface area contributed by atoms with Crippen LogP contribution in [0, 0.1) is 5.82 Å². The number of benzene rings is 1. The van der Waals surface area contributed by atoms with Gasteiger partial charge in [-0.1, -0.05) is 11.6 Å². The van der Waals surface area contributed by atoms with Crippen molar-refractivity contribution in [3.63, 3.8) is 0 Å². The highest BCUT2D eigenvalue weighted by atomic mass is 79.9. The Kier molecular flexibility index (Phi) is 5.07. The molecule has 1 aliphatic heterocycles. The standard InChI is InChI=1S/C12H15BrClFN2O2S/c1-16-8-3-2-4-17(7-8)20(18,19)12-6-10(14)9(13)5-11(12)15/h5-6,8,16H,2-4,7H2,1H3. The van der Waals surface area contributed by atoms with Crippen LogP contribution in [0.5, 0.6) is 0 Å². The van der Waals surface area contributed by atoms with Crippen molar-refractivity contribution in [1.82, 2.24) is 9.62 Å². The summed E-state index contributed by atoms with van der Waals surface area (Å²) in [6.07, 6.45) is 1.66. The molecule has 1 aromatic carbocycles. The van der Waals surface area contributed by atoms with E-state index in [0.29, 0.717) is 17.6 Å². The van der Waals surface area contributed by atoms with Gasteiger partial charge in [-0.05, 0) is 48.0 Å². The molecular weight excluding hydrogens is 371 g/mol. The SMILES string of the molecule is CNC1CCCN(S(=O)(=O)c2cc(Cl)c(Br)cc2F)C1. The zero-order valence-corrected chi connectivity index (χ0v) is 14.0. The summed E-state index contributed by atoms with van der Waals surface area (Å²) in [6, 6.07) is 2.32. The van der Waals surface area contributed by atoms with E-state index in [9.17, 15) is 12.8 Å². The van der Waals surface area contributed by atoms with Crippen molar-refractivity contribution >= 4 is 37.6 Å². The number of hydrogen-bond acceptors (Lipinski definition) is 3. The lowest BCUT2D eigenvalue weighted by atomic mass is 10.1. The first-order valence-corrected chi connectivity index (χ1v) is 8.79. The molecule has 0 aromatic heterocycles. The van der Waals surface area contributed by atoms with Crippen LogP contribution in [-0.4, -0.2) is 38.9 Å².